The van der Waals surface area contributed by atoms with Gasteiger partial charge < -0.3 is 9.33 Å². The fraction of sp³-hybridized carbons (Fsp3) is 1.00. The van der Waals surface area contributed by atoms with E-state index in [1.54, 1.807) is 0 Å². The lowest BCUT2D eigenvalue weighted by Gasteiger charge is -2.35. The largest absolute Gasteiger partial charge is 0.423 e. The van der Waals surface area contributed by atoms with Crippen LogP contribution < -0.4 is 0 Å². The van der Waals surface area contributed by atoms with E-state index in [1.165, 1.54) is 6.42 Å². The Labute approximate surface area is 92.6 Å². The number of hydrogen-bond acceptors (Lipinski definition) is 2. The monoisotopic (exact) mass is 217 g/mol. The molecule has 0 rings (SSSR count). The van der Waals surface area contributed by atoms with Gasteiger partial charge in [0.25, 0.3) is 0 Å². The van der Waals surface area contributed by atoms with E-state index in [4.69, 9.17) is 4.43 Å². The van der Waals surface area contributed by atoms with Gasteiger partial charge in [-0.2, -0.15) is 0 Å². The van der Waals surface area contributed by atoms with Crippen LogP contribution in [-0.4, -0.2) is 40.1 Å². The van der Waals surface area contributed by atoms with E-state index in [0.717, 1.165) is 30.0 Å². The summed E-state index contributed by atoms with van der Waals surface area (Å²) in [5, 5.41) is 0. The number of hydrogen-bond donors (Lipinski definition) is 0. The van der Waals surface area contributed by atoms with Crippen molar-refractivity contribution in [2.24, 2.45) is 0 Å². The molecule has 0 aromatic heterocycles. The summed E-state index contributed by atoms with van der Waals surface area (Å²) in [5.74, 6) is 0. The van der Waals surface area contributed by atoms with E-state index in [-0.39, 0.29) is 5.60 Å². The summed E-state index contributed by atoms with van der Waals surface area (Å²) in [7, 11) is 0.836. The van der Waals surface area contributed by atoms with Gasteiger partial charge in [0.2, 0.25) is 0 Å². The Hall–Kier alpha value is 0.137. The molecule has 0 heterocycles. The molecule has 0 aromatic rings. The van der Waals surface area contributed by atoms with Gasteiger partial charge in [-0.05, 0) is 39.8 Å². The summed E-state index contributed by atoms with van der Waals surface area (Å²) >= 11 is 0. The van der Waals surface area contributed by atoms with E-state index in [0.29, 0.717) is 6.04 Å². The molecule has 0 radical (unpaired) electrons. The molecule has 0 bridgehead atoms. The zero-order valence-corrected chi connectivity index (χ0v) is 12.8. The summed E-state index contributed by atoms with van der Waals surface area (Å²) in [6.07, 6.45) is 2.37. The molecule has 1 atom stereocenters. The van der Waals surface area contributed by atoms with Crippen molar-refractivity contribution in [3.05, 3.63) is 0 Å². The quantitative estimate of drug-likeness (QED) is 0.600. The van der Waals surface area contributed by atoms with Crippen molar-refractivity contribution in [1.29, 1.82) is 0 Å². The summed E-state index contributed by atoms with van der Waals surface area (Å²) in [6, 6.07) is 0.675. The molecule has 0 amide bonds. The predicted molar refractivity (Wildman–Crippen MR) is 66.7 cm³/mol. The molecule has 3 heteroatoms. The zero-order chi connectivity index (χ0) is 11.2. The Kier molecular flexibility index (Phi) is 6.65. The second-order valence-electron chi connectivity index (χ2n) is 4.45. The molecular formula is C11H27NOSi. The van der Waals surface area contributed by atoms with Gasteiger partial charge in [0.15, 0.2) is 0 Å². The highest BCUT2D eigenvalue weighted by atomic mass is 28.2. The molecule has 0 saturated carbocycles. The van der Waals surface area contributed by atoms with Gasteiger partial charge in [0.05, 0.1) is 5.60 Å². The third kappa shape index (κ3) is 4.58. The lowest BCUT2D eigenvalue weighted by molar-refractivity contribution is 0.0644. The van der Waals surface area contributed by atoms with Gasteiger partial charge in [-0.15, -0.1) is 0 Å². The number of rotatable bonds is 7. The van der Waals surface area contributed by atoms with E-state index < -0.39 is 0 Å². The average molecular weight is 217 g/mol. The first-order chi connectivity index (χ1) is 6.50. The highest BCUT2D eigenvalue weighted by molar-refractivity contribution is 5.98. The van der Waals surface area contributed by atoms with Crippen LogP contribution in [0.2, 0.25) is 0 Å². The van der Waals surface area contributed by atoms with Crippen LogP contribution in [0.3, 0.4) is 0 Å². The SMILES string of the molecule is CCC(CC(C)(C)O[SiH3])N(CC)CC. The van der Waals surface area contributed by atoms with E-state index >= 15 is 0 Å². The standard InChI is InChI=1S/C11H27NOSi/c1-6-10(12(7-2)8-3)9-11(4,5)13-14/h10H,6-9H2,1-5,14H3. The molecule has 14 heavy (non-hydrogen) atoms. The Bertz CT molecular complexity index is 146. The molecule has 1 unspecified atom stereocenters. The molecule has 0 N–H and O–H groups in total. The number of nitrogens with zero attached hydrogens (tertiary/aromatic N) is 1. The minimum absolute atomic E-state index is 0.0650. The fourth-order valence-electron chi connectivity index (χ4n) is 1.92. The summed E-state index contributed by atoms with van der Waals surface area (Å²) in [5.41, 5.74) is 0.0650. The molecule has 0 aliphatic carbocycles. The lowest BCUT2D eigenvalue weighted by Crippen LogP contribution is -2.40. The van der Waals surface area contributed by atoms with Crippen molar-refractivity contribution in [3.63, 3.8) is 0 Å². The summed E-state index contributed by atoms with van der Waals surface area (Å²) in [4.78, 5) is 2.53. The van der Waals surface area contributed by atoms with Crippen LogP contribution in [0.25, 0.3) is 0 Å². The van der Waals surface area contributed by atoms with Crippen molar-refractivity contribution >= 4 is 10.5 Å². The fourth-order valence-corrected chi connectivity index (χ4v) is 2.09. The first-order valence-corrected chi connectivity index (χ1v) is 6.61. The van der Waals surface area contributed by atoms with Gasteiger partial charge in [-0.1, -0.05) is 20.8 Å². The molecule has 0 fully saturated rings. The van der Waals surface area contributed by atoms with Crippen molar-refractivity contribution in [2.45, 2.75) is 59.1 Å². The first kappa shape index (κ1) is 14.1. The van der Waals surface area contributed by atoms with E-state index in [2.05, 4.69) is 39.5 Å². The van der Waals surface area contributed by atoms with Crippen LogP contribution in [-0.2, 0) is 4.43 Å². The Morgan fingerprint density at radius 1 is 1.21 bits per heavy atom. The van der Waals surface area contributed by atoms with Crippen molar-refractivity contribution in [3.8, 4) is 0 Å². The normalized spacial score (nSPS) is 15.0. The van der Waals surface area contributed by atoms with Crippen LogP contribution in [0.4, 0.5) is 0 Å². The third-order valence-corrected chi connectivity index (χ3v) is 4.18. The van der Waals surface area contributed by atoms with Gasteiger partial charge >= 0.3 is 0 Å². The molecule has 0 spiro atoms. The maximum absolute atomic E-state index is 5.62. The van der Waals surface area contributed by atoms with Crippen LogP contribution in [0, 0.1) is 0 Å². The zero-order valence-electron chi connectivity index (χ0n) is 10.8. The maximum Gasteiger partial charge on any atom is 0.146 e. The molecule has 2 nitrogen and oxygen atoms in total. The minimum atomic E-state index is 0.0650. The van der Waals surface area contributed by atoms with Gasteiger partial charge in [0, 0.05) is 6.04 Å². The Morgan fingerprint density at radius 3 is 2.00 bits per heavy atom. The Morgan fingerprint density at radius 2 is 1.71 bits per heavy atom. The van der Waals surface area contributed by atoms with Crippen molar-refractivity contribution < 1.29 is 4.43 Å². The van der Waals surface area contributed by atoms with Crippen LogP contribution in [0.5, 0.6) is 0 Å². The molecule has 0 aliphatic rings. The van der Waals surface area contributed by atoms with E-state index in [9.17, 15) is 0 Å². The van der Waals surface area contributed by atoms with Gasteiger partial charge in [-0.3, -0.25) is 0 Å². The topological polar surface area (TPSA) is 12.5 Å². The molecular weight excluding hydrogens is 190 g/mol. The first-order valence-electron chi connectivity index (χ1n) is 5.79. The molecule has 0 saturated heterocycles. The van der Waals surface area contributed by atoms with Gasteiger partial charge in [-0.25, -0.2) is 0 Å². The Balaban J connectivity index is 4.26. The minimum Gasteiger partial charge on any atom is -0.423 e. The second-order valence-corrected chi connectivity index (χ2v) is 4.86. The molecule has 0 aliphatic heterocycles. The highest BCUT2D eigenvalue weighted by Gasteiger charge is 2.24. The third-order valence-electron chi connectivity index (χ3n) is 3.08. The summed E-state index contributed by atoms with van der Waals surface area (Å²) in [6.45, 7) is 13.4. The smallest absolute Gasteiger partial charge is 0.146 e. The average Bonchev–Trinajstić information content (AvgIpc) is 2.18. The van der Waals surface area contributed by atoms with Crippen LogP contribution in [0.15, 0.2) is 0 Å². The van der Waals surface area contributed by atoms with Gasteiger partial charge in [0.1, 0.15) is 10.5 Å². The van der Waals surface area contributed by atoms with Crippen LogP contribution >= 0.6 is 0 Å². The maximum atomic E-state index is 5.62. The van der Waals surface area contributed by atoms with Crippen molar-refractivity contribution in [2.75, 3.05) is 13.1 Å². The van der Waals surface area contributed by atoms with Crippen LogP contribution in [0.1, 0.15) is 47.5 Å². The van der Waals surface area contributed by atoms with E-state index in [1.807, 2.05) is 0 Å². The summed E-state index contributed by atoms with van der Waals surface area (Å²) < 4.78 is 5.62. The van der Waals surface area contributed by atoms with Crippen molar-refractivity contribution in [1.82, 2.24) is 4.90 Å². The second kappa shape index (κ2) is 6.59. The predicted octanol–water partition coefficient (Wildman–Crippen LogP) is 1.57. The lowest BCUT2D eigenvalue weighted by atomic mass is 9.96. The molecule has 86 valence electrons. The molecule has 0 aromatic carbocycles. The highest BCUT2D eigenvalue weighted by Crippen LogP contribution is 2.20.